The van der Waals surface area contributed by atoms with Crippen LogP contribution in [-0.2, 0) is 9.59 Å². The van der Waals surface area contributed by atoms with Crippen molar-refractivity contribution in [2.24, 2.45) is 5.92 Å². The Morgan fingerprint density at radius 3 is 2.41 bits per heavy atom. The first-order valence-electron chi connectivity index (χ1n) is 13.5. The minimum Gasteiger partial charge on any atom is -0.481 e. The van der Waals surface area contributed by atoms with Gasteiger partial charge >= 0.3 is 5.97 Å². The summed E-state index contributed by atoms with van der Waals surface area (Å²) in [5.41, 5.74) is 4.31. The Balaban J connectivity index is 1.68. The first-order chi connectivity index (χ1) is 18.5. The Morgan fingerprint density at radius 2 is 1.77 bits per heavy atom. The third kappa shape index (κ3) is 7.06. The van der Waals surface area contributed by atoms with Gasteiger partial charge in [-0.05, 0) is 68.6 Å². The second-order valence-electron chi connectivity index (χ2n) is 11.1. The zero-order chi connectivity index (χ0) is 28.3. The lowest BCUT2D eigenvalue weighted by Crippen LogP contribution is -2.32. The number of hydrogen-bond donors (Lipinski definition) is 1. The maximum absolute atomic E-state index is 13.9. The molecule has 0 radical (unpaired) electrons. The number of carbonyl (C=O) groups is 2. The Bertz CT molecular complexity index is 1390. The number of nitrogens with zero attached hydrogens (tertiary/aromatic N) is 2. The molecule has 0 amide bonds. The predicted molar refractivity (Wildman–Crippen MR) is 155 cm³/mol. The number of benzene rings is 2. The van der Waals surface area contributed by atoms with Gasteiger partial charge in [-0.1, -0.05) is 66.9 Å². The summed E-state index contributed by atoms with van der Waals surface area (Å²) < 4.78 is 1.58. The molecule has 7 heteroatoms. The largest absolute Gasteiger partial charge is 0.481 e. The first kappa shape index (κ1) is 28.8. The summed E-state index contributed by atoms with van der Waals surface area (Å²) in [6, 6.07) is 16.2. The molecule has 1 aromatic heterocycles. The molecule has 39 heavy (non-hydrogen) atoms. The van der Waals surface area contributed by atoms with E-state index in [1.54, 1.807) is 4.57 Å². The van der Waals surface area contributed by atoms with E-state index in [4.69, 9.17) is 11.6 Å². The lowest BCUT2D eigenvalue weighted by Gasteiger charge is -2.25. The molecule has 3 aromatic rings. The molecule has 4 rings (SSSR count). The SMILES string of the molecule is Cc1cccc(Cl)c1-c1cccc([C@H](CC(=O)O)CC(=O)[C@H](CC2CC2)n2cc(C(C)N(C)C)ccc2=O)c1. The topological polar surface area (TPSA) is 79.6 Å². The molecule has 1 saturated carbocycles. The fourth-order valence-electron chi connectivity index (χ4n) is 5.22. The average molecular weight is 549 g/mol. The van der Waals surface area contributed by atoms with E-state index in [1.807, 2.05) is 75.7 Å². The lowest BCUT2D eigenvalue weighted by molar-refractivity contribution is -0.137. The highest BCUT2D eigenvalue weighted by molar-refractivity contribution is 6.33. The van der Waals surface area contributed by atoms with Crippen LogP contribution in [-0.4, -0.2) is 40.4 Å². The monoisotopic (exact) mass is 548 g/mol. The molecule has 1 heterocycles. The van der Waals surface area contributed by atoms with Crippen molar-refractivity contribution >= 4 is 23.4 Å². The number of rotatable bonds is 12. The fraction of sp³-hybridized carbons (Fsp3) is 0.406. The van der Waals surface area contributed by atoms with Crippen LogP contribution < -0.4 is 5.56 Å². The molecule has 0 aliphatic heterocycles. The summed E-state index contributed by atoms with van der Waals surface area (Å²) in [7, 11) is 3.95. The quantitative estimate of drug-likeness (QED) is 0.274. The van der Waals surface area contributed by atoms with Gasteiger partial charge in [0, 0.05) is 41.2 Å². The highest BCUT2D eigenvalue weighted by Crippen LogP contribution is 2.39. The molecule has 2 aromatic carbocycles. The van der Waals surface area contributed by atoms with E-state index in [9.17, 15) is 19.5 Å². The highest BCUT2D eigenvalue weighted by atomic mass is 35.5. The van der Waals surface area contributed by atoms with Crippen LogP contribution in [0.1, 0.15) is 73.7 Å². The summed E-state index contributed by atoms with van der Waals surface area (Å²) in [4.78, 5) is 40.9. The van der Waals surface area contributed by atoms with Crippen molar-refractivity contribution in [3.05, 3.63) is 92.9 Å². The van der Waals surface area contributed by atoms with Crippen molar-refractivity contribution in [3.63, 3.8) is 0 Å². The summed E-state index contributed by atoms with van der Waals surface area (Å²) in [5.74, 6) is -1.20. The van der Waals surface area contributed by atoms with Crippen LogP contribution in [0.15, 0.2) is 65.6 Å². The van der Waals surface area contributed by atoms with Gasteiger partial charge in [-0.3, -0.25) is 14.4 Å². The number of pyridine rings is 1. The molecule has 1 N–H and O–H groups in total. The summed E-state index contributed by atoms with van der Waals surface area (Å²) >= 11 is 6.51. The van der Waals surface area contributed by atoms with Crippen molar-refractivity contribution in [2.45, 2.75) is 64.0 Å². The third-order valence-corrected chi connectivity index (χ3v) is 8.23. The third-order valence-electron chi connectivity index (χ3n) is 7.92. The van der Waals surface area contributed by atoms with Gasteiger partial charge in [-0.25, -0.2) is 0 Å². The maximum atomic E-state index is 13.9. The molecular formula is C32H37ClN2O4. The molecule has 0 saturated heterocycles. The number of carboxylic acid groups (broad SMARTS) is 1. The van der Waals surface area contributed by atoms with Crippen LogP contribution in [0, 0.1) is 12.8 Å². The Kier molecular flexibility index (Phi) is 9.08. The van der Waals surface area contributed by atoms with Gasteiger partial charge in [0.05, 0.1) is 12.5 Å². The smallest absolute Gasteiger partial charge is 0.303 e. The predicted octanol–water partition coefficient (Wildman–Crippen LogP) is 6.66. The average Bonchev–Trinajstić information content (AvgIpc) is 3.71. The van der Waals surface area contributed by atoms with Gasteiger partial charge in [-0.2, -0.15) is 0 Å². The molecule has 6 nitrogen and oxygen atoms in total. The standard InChI is InChI=1S/C32H37ClN2O4/c1-20-7-5-10-27(33)32(20)24-9-6-8-23(16-24)26(18-31(38)39)17-29(36)28(15-22-11-12-22)35-19-25(13-14-30(35)37)21(2)34(3)4/h5-10,13-14,16,19,21-22,26,28H,11-12,15,17-18H2,1-4H3,(H,38,39)/t21?,26-,28-/m0/s1. The number of ketones is 1. The van der Waals surface area contributed by atoms with Crippen LogP contribution in [0.4, 0.5) is 0 Å². The molecule has 1 fully saturated rings. The van der Waals surface area contributed by atoms with E-state index in [1.165, 1.54) is 6.07 Å². The molecule has 0 bridgehead atoms. The second-order valence-corrected chi connectivity index (χ2v) is 11.5. The van der Waals surface area contributed by atoms with Crippen LogP contribution in [0.2, 0.25) is 5.02 Å². The van der Waals surface area contributed by atoms with Gasteiger partial charge in [0.25, 0.3) is 5.56 Å². The lowest BCUT2D eigenvalue weighted by atomic mass is 9.86. The van der Waals surface area contributed by atoms with Crippen molar-refractivity contribution in [3.8, 4) is 11.1 Å². The number of aromatic nitrogens is 1. The number of carbonyl (C=O) groups excluding carboxylic acids is 1. The van der Waals surface area contributed by atoms with E-state index in [-0.39, 0.29) is 30.2 Å². The summed E-state index contributed by atoms with van der Waals surface area (Å²) in [6.45, 7) is 4.04. The molecule has 206 valence electrons. The minimum absolute atomic E-state index is 0.0363. The fourth-order valence-corrected chi connectivity index (χ4v) is 5.55. The normalized spacial score (nSPS) is 15.6. The van der Waals surface area contributed by atoms with Crippen LogP contribution in [0.25, 0.3) is 11.1 Å². The van der Waals surface area contributed by atoms with E-state index in [2.05, 4.69) is 11.8 Å². The molecule has 0 spiro atoms. The van der Waals surface area contributed by atoms with Crippen molar-refractivity contribution in [1.82, 2.24) is 9.47 Å². The molecule has 3 atom stereocenters. The van der Waals surface area contributed by atoms with Gasteiger partial charge in [0.2, 0.25) is 0 Å². The second kappa shape index (κ2) is 12.3. The first-order valence-corrected chi connectivity index (χ1v) is 13.9. The highest BCUT2D eigenvalue weighted by Gasteiger charge is 2.33. The van der Waals surface area contributed by atoms with E-state index in [0.29, 0.717) is 17.4 Å². The number of hydrogen-bond acceptors (Lipinski definition) is 4. The van der Waals surface area contributed by atoms with Crippen molar-refractivity contribution in [2.75, 3.05) is 14.1 Å². The Morgan fingerprint density at radius 1 is 1.05 bits per heavy atom. The number of carboxylic acids is 1. The van der Waals surface area contributed by atoms with E-state index < -0.39 is 17.9 Å². The maximum Gasteiger partial charge on any atom is 0.303 e. The number of halogens is 1. The summed E-state index contributed by atoms with van der Waals surface area (Å²) in [6.07, 6.45) is 4.35. The zero-order valence-electron chi connectivity index (χ0n) is 23.1. The minimum atomic E-state index is -0.968. The Labute approximate surface area is 235 Å². The molecule has 1 aliphatic rings. The van der Waals surface area contributed by atoms with Gasteiger partial charge in [-0.15, -0.1) is 0 Å². The van der Waals surface area contributed by atoms with Crippen LogP contribution >= 0.6 is 11.6 Å². The molecular weight excluding hydrogens is 512 g/mol. The van der Waals surface area contributed by atoms with Crippen LogP contribution in [0.5, 0.6) is 0 Å². The van der Waals surface area contributed by atoms with Crippen LogP contribution in [0.3, 0.4) is 0 Å². The number of aliphatic carboxylic acids is 1. The van der Waals surface area contributed by atoms with E-state index >= 15 is 0 Å². The number of aryl methyl sites for hydroxylation is 1. The zero-order valence-corrected chi connectivity index (χ0v) is 23.8. The molecule has 1 aliphatic carbocycles. The summed E-state index contributed by atoms with van der Waals surface area (Å²) in [5, 5.41) is 10.4. The van der Waals surface area contributed by atoms with Crippen molar-refractivity contribution in [1.29, 1.82) is 0 Å². The van der Waals surface area contributed by atoms with Gasteiger partial charge < -0.3 is 14.6 Å². The van der Waals surface area contributed by atoms with Crippen molar-refractivity contribution < 1.29 is 14.7 Å². The van der Waals surface area contributed by atoms with Gasteiger partial charge in [0.15, 0.2) is 5.78 Å². The van der Waals surface area contributed by atoms with E-state index in [0.717, 1.165) is 40.7 Å². The molecule has 1 unspecified atom stereocenters. The Hall–Kier alpha value is -3.22. The number of Topliss-reactive ketones (excluding diaryl/α,β-unsaturated/α-hetero) is 1. The van der Waals surface area contributed by atoms with Gasteiger partial charge in [0.1, 0.15) is 0 Å².